The van der Waals surface area contributed by atoms with E-state index in [1.54, 1.807) is 30.5 Å². The summed E-state index contributed by atoms with van der Waals surface area (Å²) < 4.78 is 31.7. The SMILES string of the molecule is CC1C(c2ccc(C3COCCN3)cc2)=NOC1c1nc(-c2ccc(S(=O)(=O)C3CCCNC3)cc2)cnc1N. The third kappa shape index (κ3) is 5.22. The van der Waals surface area contributed by atoms with Crippen LogP contribution in [0.3, 0.4) is 0 Å². The highest BCUT2D eigenvalue weighted by atomic mass is 32.2. The number of anilines is 1. The van der Waals surface area contributed by atoms with Gasteiger partial charge in [-0.3, -0.25) is 0 Å². The zero-order valence-electron chi connectivity index (χ0n) is 22.4. The third-order valence-corrected chi connectivity index (χ3v) is 10.2. The van der Waals surface area contributed by atoms with Crippen LogP contribution < -0.4 is 16.4 Å². The predicted molar refractivity (Wildman–Crippen MR) is 152 cm³/mol. The minimum atomic E-state index is -3.40. The lowest BCUT2D eigenvalue weighted by Crippen LogP contribution is -2.38. The lowest BCUT2D eigenvalue weighted by atomic mass is 9.91. The molecule has 4 heterocycles. The molecule has 1 aromatic heterocycles. The van der Waals surface area contributed by atoms with Gasteiger partial charge >= 0.3 is 0 Å². The predicted octanol–water partition coefficient (Wildman–Crippen LogP) is 3.02. The van der Waals surface area contributed by atoms with E-state index in [1.807, 2.05) is 6.92 Å². The molecule has 0 aliphatic carbocycles. The number of oxime groups is 1. The van der Waals surface area contributed by atoms with E-state index in [1.165, 1.54) is 5.56 Å². The molecule has 11 heteroatoms. The molecular formula is C29H34N6O4S. The quantitative estimate of drug-likeness (QED) is 0.413. The Morgan fingerprint density at radius 1 is 1.02 bits per heavy atom. The van der Waals surface area contributed by atoms with Crippen LogP contribution >= 0.6 is 0 Å². The van der Waals surface area contributed by atoms with Crippen molar-refractivity contribution in [3.8, 4) is 11.3 Å². The number of benzene rings is 2. The maximum atomic E-state index is 13.1. The lowest BCUT2D eigenvalue weighted by Gasteiger charge is -2.24. The Hall–Kier alpha value is -3.38. The van der Waals surface area contributed by atoms with E-state index in [2.05, 4.69) is 45.0 Å². The number of rotatable bonds is 6. The highest BCUT2D eigenvalue weighted by Gasteiger charge is 2.36. The van der Waals surface area contributed by atoms with Crippen LogP contribution in [-0.4, -0.2) is 62.2 Å². The molecule has 40 heavy (non-hydrogen) atoms. The van der Waals surface area contributed by atoms with Gasteiger partial charge in [-0.25, -0.2) is 18.4 Å². The Balaban J connectivity index is 1.19. The van der Waals surface area contributed by atoms with Crippen LogP contribution in [0.15, 0.2) is 64.8 Å². The Labute approximate surface area is 234 Å². The van der Waals surface area contributed by atoms with Crippen LogP contribution in [0, 0.1) is 5.92 Å². The van der Waals surface area contributed by atoms with E-state index in [9.17, 15) is 8.42 Å². The first kappa shape index (κ1) is 26.8. The van der Waals surface area contributed by atoms with E-state index in [-0.39, 0.29) is 17.8 Å². The molecule has 0 spiro atoms. The summed E-state index contributed by atoms with van der Waals surface area (Å²) in [4.78, 5) is 15.3. The summed E-state index contributed by atoms with van der Waals surface area (Å²) in [5, 5.41) is 10.6. The molecule has 4 atom stereocenters. The van der Waals surface area contributed by atoms with E-state index >= 15 is 0 Å². The molecule has 0 saturated carbocycles. The maximum absolute atomic E-state index is 13.1. The Bertz CT molecular complexity index is 1480. The highest BCUT2D eigenvalue weighted by Crippen LogP contribution is 2.37. The van der Waals surface area contributed by atoms with Crippen LogP contribution in [0.25, 0.3) is 11.3 Å². The van der Waals surface area contributed by atoms with Crippen molar-refractivity contribution in [3.05, 3.63) is 71.5 Å². The first-order chi connectivity index (χ1) is 19.4. The van der Waals surface area contributed by atoms with Gasteiger partial charge in [0, 0.05) is 24.6 Å². The molecule has 4 N–H and O–H groups in total. The van der Waals surface area contributed by atoms with Crippen LogP contribution in [0.4, 0.5) is 5.82 Å². The molecule has 6 rings (SSSR count). The van der Waals surface area contributed by atoms with Crippen LogP contribution in [0.5, 0.6) is 0 Å². The van der Waals surface area contributed by atoms with Crippen molar-refractivity contribution in [2.24, 2.45) is 11.1 Å². The highest BCUT2D eigenvalue weighted by molar-refractivity contribution is 7.92. The number of aromatic nitrogens is 2. The van der Waals surface area contributed by atoms with Crippen molar-refractivity contribution in [2.45, 2.75) is 42.1 Å². The van der Waals surface area contributed by atoms with Gasteiger partial charge in [-0.05, 0) is 42.6 Å². The number of ether oxygens (including phenoxy) is 1. The zero-order chi connectivity index (χ0) is 27.7. The largest absolute Gasteiger partial charge is 0.385 e. The topological polar surface area (TPSA) is 141 Å². The van der Waals surface area contributed by atoms with Gasteiger partial charge in [-0.1, -0.05) is 48.5 Å². The fourth-order valence-electron chi connectivity index (χ4n) is 5.55. The standard InChI is InChI=1S/C29H34N6O4S/c1-18-26(21-6-4-20(5-7-21)25-17-38-14-13-32-25)35-39-28(18)27-29(30)33-16-24(34-27)19-8-10-22(11-9-19)40(36,37)23-3-2-12-31-15-23/h4-11,16,18,23,25,28,31-32H,2-3,12-15,17H2,1H3,(H2,30,33). The molecular weight excluding hydrogens is 528 g/mol. The van der Waals surface area contributed by atoms with Gasteiger partial charge in [0.25, 0.3) is 0 Å². The van der Waals surface area contributed by atoms with Crippen molar-refractivity contribution < 1.29 is 18.0 Å². The summed E-state index contributed by atoms with van der Waals surface area (Å²) in [5.41, 5.74) is 11.1. The van der Waals surface area contributed by atoms with Crippen LogP contribution in [0.2, 0.25) is 0 Å². The fraction of sp³-hybridized carbons (Fsp3) is 0.414. The third-order valence-electron chi connectivity index (χ3n) is 7.95. The minimum Gasteiger partial charge on any atom is -0.385 e. The van der Waals surface area contributed by atoms with Crippen molar-refractivity contribution in [1.82, 2.24) is 20.6 Å². The Morgan fingerprint density at radius 3 is 2.50 bits per heavy atom. The van der Waals surface area contributed by atoms with Gasteiger partial charge < -0.3 is 25.9 Å². The molecule has 2 aromatic carbocycles. The van der Waals surface area contributed by atoms with Crippen molar-refractivity contribution in [3.63, 3.8) is 0 Å². The average Bonchev–Trinajstić information content (AvgIpc) is 3.39. The van der Waals surface area contributed by atoms with E-state index in [4.69, 9.17) is 20.3 Å². The Kier molecular flexibility index (Phi) is 7.54. The van der Waals surface area contributed by atoms with E-state index < -0.39 is 21.2 Å². The van der Waals surface area contributed by atoms with Gasteiger partial charge in [-0.15, -0.1) is 0 Å². The van der Waals surface area contributed by atoms with Crippen molar-refractivity contribution in [2.75, 3.05) is 38.6 Å². The molecule has 3 aliphatic rings. The van der Waals surface area contributed by atoms with Gasteiger partial charge in [0.05, 0.1) is 47.0 Å². The Morgan fingerprint density at radius 2 is 1.80 bits per heavy atom. The zero-order valence-corrected chi connectivity index (χ0v) is 23.2. The first-order valence-electron chi connectivity index (χ1n) is 13.7. The molecule has 3 aliphatic heterocycles. The summed E-state index contributed by atoms with van der Waals surface area (Å²) in [6.45, 7) is 5.62. The number of nitrogens with two attached hydrogens (primary N) is 1. The minimum absolute atomic E-state index is 0.106. The maximum Gasteiger partial charge on any atom is 0.182 e. The summed E-state index contributed by atoms with van der Waals surface area (Å²) in [7, 11) is -3.40. The summed E-state index contributed by atoms with van der Waals surface area (Å²) >= 11 is 0. The molecule has 0 bridgehead atoms. The second-order valence-corrected chi connectivity index (χ2v) is 12.8. The summed E-state index contributed by atoms with van der Waals surface area (Å²) in [5.74, 6) is 0.172. The van der Waals surface area contributed by atoms with Gasteiger partial charge in [-0.2, -0.15) is 0 Å². The van der Waals surface area contributed by atoms with Crippen molar-refractivity contribution >= 4 is 21.4 Å². The van der Waals surface area contributed by atoms with Crippen LogP contribution in [0.1, 0.15) is 48.7 Å². The number of morpholine rings is 1. The molecule has 2 saturated heterocycles. The number of sulfone groups is 1. The van der Waals surface area contributed by atoms with Gasteiger partial charge in [0.2, 0.25) is 0 Å². The molecule has 2 fully saturated rings. The lowest BCUT2D eigenvalue weighted by molar-refractivity contribution is 0.0625. The molecule has 210 valence electrons. The second kappa shape index (κ2) is 11.2. The monoisotopic (exact) mass is 562 g/mol. The molecule has 4 unspecified atom stereocenters. The molecule has 10 nitrogen and oxygen atoms in total. The summed E-state index contributed by atoms with van der Waals surface area (Å²) in [6.07, 6.45) is 2.63. The number of nitrogens with zero attached hydrogens (tertiary/aromatic N) is 3. The number of hydrogen-bond acceptors (Lipinski definition) is 10. The summed E-state index contributed by atoms with van der Waals surface area (Å²) in [6, 6.07) is 15.3. The number of nitrogen functional groups attached to an aromatic ring is 1. The first-order valence-corrected chi connectivity index (χ1v) is 15.3. The van der Waals surface area contributed by atoms with Crippen molar-refractivity contribution in [1.29, 1.82) is 0 Å². The number of hydrogen-bond donors (Lipinski definition) is 3. The van der Waals surface area contributed by atoms with E-state index in [0.29, 0.717) is 35.9 Å². The average molecular weight is 563 g/mol. The molecule has 0 radical (unpaired) electrons. The van der Waals surface area contributed by atoms with Gasteiger partial charge in [0.1, 0.15) is 11.5 Å². The van der Waals surface area contributed by atoms with E-state index in [0.717, 1.165) is 43.0 Å². The second-order valence-electron chi connectivity index (χ2n) is 10.6. The fourth-order valence-corrected chi connectivity index (χ4v) is 7.27. The van der Waals surface area contributed by atoms with Gasteiger partial charge in [0.15, 0.2) is 15.9 Å². The number of nitrogens with one attached hydrogen (secondary N) is 2. The molecule has 3 aromatic rings. The normalized spacial score (nSPS) is 25.3. The number of piperidine rings is 1. The van der Waals surface area contributed by atoms with Crippen LogP contribution in [-0.2, 0) is 19.4 Å². The molecule has 0 amide bonds. The smallest absolute Gasteiger partial charge is 0.182 e.